The standard InChI is InChI=1S/C22H27N3O6S/c1-3-19(17-8-6-16(2)7-9-17)23-22(26)15-31-21-11-10-18(14-20(21)25(27)28)32(29,30)24-12-4-5-13-24/h6-11,14,19H,3-5,12-13,15H2,1-2H3,(H,23,26). The first-order chi connectivity index (χ1) is 15.2. The number of aryl methyl sites for hydroxylation is 1. The van der Waals surface area contributed by atoms with Gasteiger partial charge in [-0.1, -0.05) is 36.8 Å². The Morgan fingerprint density at radius 3 is 2.44 bits per heavy atom. The Labute approximate surface area is 187 Å². The van der Waals surface area contributed by atoms with Crippen LogP contribution in [0.25, 0.3) is 0 Å². The molecule has 3 rings (SSSR count). The topological polar surface area (TPSA) is 119 Å². The summed E-state index contributed by atoms with van der Waals surface area (Å²) in [5.41, 5.74) is 1.57. The van der Waals surface area contributed by atoms with Gasteiger partial charge in [0.1, 0.15) is 0 Å². The molecule has 1 aliphatic rings. The zero-order chi connectivity index (χ0) is 23.3. The summed E-state index contributed by atoms with van der Waals surface area (Å²) in [5, 5.41) is 14.4. The third-order valence-electron chi connectivity index (χ3n) is 5.41. The molecule has 0 bridgehead atoms. The summed E-state index contributed by atoms with van der Waals surface area (Å²) in [6, 6.07) is 11.1. The highest BCUT2D eigenvalue weighted by Gasteiger charge is 2.30. The fourth-order valence-electron chi connectivity index (χ4n) is 3.60. The molecule has 0 aromatic heterocycles. The molecule has 32 heavy (non-hydrogen) atoms. The Morgan fingerprint density at radius 1 is 1.19 bits per heavy atom. The van der Waals surface area contributed by atoms with E-state index in [1.165, 1.54) is 16.4 Å². The number of carbonyl (C=O) groups is 1. The molecule has 1 aliphatic heterocycles. The molecular formula is C22H27N3O6S. The van der Waals surface area contributed by atoms with Gasteiger partial charge >= 0.3 is 5.69 Å². The van der Waals surface area contributed by atoms with Crippen LogP contribution in [-0.4, -0.2) is 43.2 Å². The largest absolute Gasteiger partial charge is 0.477 e. The lowest BCUT2D eigenvalue weighted by molar-refractivity contribution is -0.386. The second-order valence-corrected chi connectivity index (χ2v) is 9.66. The van der Waals surface area contributed by atoms with Crippen molar-refractivity contribution in [3.05, 3.63) is 63.7 Å². The lowest BCUT2D eigenvalue weighted by Crippen LogP contribution is -2.32. The van der Waals surface area contributed by atoms with Gasteiger partial charge in [0, 0.05) is 19.2 Å². The predicted molar refractivity (Wildman–Crippen MR) is 119 cm³/mol. The summed E-state index contributed by atoms with van der Waals surface area (Å²) in [6.07, 6.45) is 2.19. The van der Waals surface area contributed by atoms with Crippen molar-refractivity contribution in [2.45, 2.75) is 44.0 Å². The lowest BCUT2D eigenvalue weighted by atomic mass is 10.0. The van der Waals surface area contributed by atoms with Gasteiger partial charge in [-0.25, -0.2) is 8.42 Å². The van der Waals surface area contributed by atoms with Crippen LogP contribution < -0.4 is 10.1 Å². The minimum absolute atomic E-state index is 0.158. The summed E-state index contributed by atoms with van der Waals surface area (Å²) in [7, 11) is -3.80. The average molecular weight is 462 g/mol. The zero-order valence-corrected chi connectivity index (χ0v) is 18.9. The number of nitrogens with one attached hydrogen (secondary N) is 1. The molecule has 1 unspecified atom stereocenters. The fraction of sp³-hybridized carbons (Fsp3) is 0.409. The predicted octanol–water partition coefficient (Wildman–Crippen LogP) is 3.33. The van der Waals surface area contributed by atoms with E-state index in [0.29, 0.717) is 19.5 Å². The first-order valence-electron chi connectivity index (χ1n) is 10.5. The minimum Gasteiger partial charge on any atom is -0.477 e. The van der Waals surface area contributed by atoms with E-state index < -0.39 is 33.1 Å². The van der Waals surface area contributed by atoms with Gasteiger partial charge in [0.25, 0.3) is 5.91 Å². The van der Waals surface area contributed by atoms with Crippen LogP contribution in [0.5, 0.6) is 5.75 Å². The van der Waals surface area contributed by atoms with Gasteiger partial charge in [0.2, 0.25) is 10.0 Å². The van der Waals surface area contributed by atoms with Crippen molar-refractivity contribution in [1.82, 2.24) is 9.62 Å². The Morgan fingerprint density at radius 2 is 1.84 bits per heavy atom. The van der Waals surface area contributed by atoms with Gasteiger partial charge in [0.15, 0.2) is 12.4 Å². The Kier molecular flexibility index (Phi) is 7.47. The number of hydrogen-bond acceptors (Lipinski definition) is 6. The van der Waals surface area contributed by atoms with Crippen molar-refractivity contribution >= 4 is 21.6 Å². The van der Waals surface area contributed by atoms with Crippen molar-refractivity contribution in [3.63, 3.8) is 0 Å². The molecule has 1 saturated heterocycles. The molecular weight excluding hydrogens is 434 g/mol. The molecule has 10 heteroatoms. The second kappa shape index (κ2) is 10.1. The highest BCUT2D eigenvalue weighted by molar-refractivity contribution is 7.89. The maximum atomic E-state index is 12.7. The zero-order valence-electron chi connectivity index (χ0n) is 18.1. The van der Waals surface area contributed by atoms with E-state index in [-0.39, 0.29) is 16.7 Å². The number of carbonyl (C=O) groups excluding carboxylic acids is 1. The maximum absolute atomic E-state index is 12.7. The van der Waals surface area contributed by atoms with Crippen molar-refractivity contribution < 1.29 is 22.9 Å². The van der Waals surface area contributed by atoms with Crippen LogP contribution in [0.15, 0.2) is 47.4 Å². The quantitative estimate of drug-likeness (QED) is 0.452. The van der Waals surface area contributed by atoms with E-state index in [1.807, 2.05) is 38.1 Å². The van der Waals surface area contributed by atoms with Gasteiger partial charge in [-0.3, -0.25) is 14.9 Å². The van der Waals surface area contributed by atoms with E-state index >= 15 is 0 Å². The number of amides is 1. The summed E-state index contributed by atoms with van der Waals surface area (Å²) >= 11 is 0. The summed E-state index contributed by atoms with van der Waals surface area (Å²) in [6.45, 7) is 4.28. The van der Waals surface area contributed by atoms with E-state index in [2.05, 4.69) is 5.32 Å². The van der Waals surface area contributed by atoms with E-state index in [0.717, 1.165) is 30.0 Å². The minimum atomic E-state index is -3.80. The average Bonchev–Trinajstić information content (AvgIpc) is 3.32. The number of ether oxygens (including phenoxy) is 1. The van der Waals surface area contributed by atoms with Gasteiger partial charge < -0.3 is 10.1 Å². The molecule has 1 fully saturated rings. The maximum Gasteiger partial charge on any atom is 0.312 e. The number of rotatable bonds is 9. The van der Waals surface area contributed by atoms with E-state index in [9.17, 15) is 23.3 Å². The van der Waals surface area contributed by atoms with Crippen molar-refractivity contribution in [3.8, 4) is 5.75 Å². The Balaban J connectivity index is 1.70. The van der Waals surface area contributed by atoms with Crippen LogP contribution in [0.1, 0.15) is 43.4 Å². The molecule has 1 amide bonds. The molecule has 2 aromatic rings. The first kappa shape index (κ1) is 23.7. The number of hydrogen-bond donors (Lipinski definition) is 1. The second-order valence-electron chi connectivity index (χ2n) is 7.73. The Bertz CT molecular complexity index is 1080. The smallest absolute Gasteiger partial charge is 0.312 e. The highest BCUT2D eigenvalue weighted by atomic mass is 32.2. The third-order valence-corrected chi connectivity index (χ3v) is 7.31. The molecule has 0 radical (unpaired) electrons. The van der Waals surface area contributed by atoms with Crippen LogP contribution in [0.2, 0.25) is 0 Å². The van der Waals surface area contributed by atoms with Gasteiger partial charge in [-0.2, -0.15) is 4.31 Å². The van der Waals surface area contributed by atoms with Gasteiger partial charge in [0.05, 0.1) is 15.9 Å². The first-order valence-corrected chi connectivity index (χ1v) is 11.9. The highest BCUT2D eigenvalue weighted by Crippen LogP contribution is 2.31. The molecule has 1 N–H and O–H groups in total. The number of benzene rings is 2. The lowest BCUT2D eigenvalue weighted by Gasteiger charge is -2.18. The number of sulfonamides is 1. The molecule has 1 heterocycles. The normalized spacial score (nSPS) is 15.3. The van der Waals surface area contributed by atoms with Gasteiger partial charge in [-0.05, 0) is 43.9 Å². The summed E-state index contributed by atoms with van der Waals surface area (Å²) in [4.78, 5) is 23.0. The molecule has 0 spiro atoms. The molecule has 1 atom stereocenters. The third kappa shape index (κ3) is 5.43. The van der Waals surface area contributed by atoms with Crippen LogP contribution in [0.4, 0.5) is 5.69 Å². The molecule has 172 valence electrons. The number of nitro benzene ring substituents is 1. The SMILES string of the molecule is CCC(NC(=O)COc1ccc(S(=O)(=O)N2CCCC2)cc1[N+](=O)[O-])c1ccc(C)cc1. The van der Waals surface area contributed by atoms with Crippen LogP contribution in [0.3, 0.4) is 0 Å². The van der Waals surface area contributed by atoms with Crippen molar-refractivity contribution in [2.75, 3.05) is 19.7 Å². The summed E-state index contributed by atoms with van der Waals surface area (Å²) in [5.74, 6) is -0.589. The van der Waals surface area contributed by atoms with Crippen molar-refractivity contribution in [1.29, 1.82) is 0 Å². The molecule has 9 nitrogen and oxygen atoms in total. The van der Waals surface area contributed by atoms with Crippen LogP contribution >= 0.6 is 0 Å². The fourth-order valence-corrected chi connectivity index (χ4v) is 5.14. The van der Waals surface area contributed by atoms with Gasteiger partial charge in [-0.15, -0.1) is 0 Å². The van der Waals surface area contributed by atoms with Crippen LogP contribution in [-0.2, 0) is 14.8 Å². The number of nitro groups is 1. The summed E-state index contributed by atoms with van der Waals surface area (Å²) < 4.78 is 32.1. The molecule has 2 aromatic carbocycles. The van der Waals surface area contributed by atoms with E-state index in [1.54, 1.807) is 0 Å². The molecule has 0 saturated carbocycles. The molecule has 0 aliphatic carbocycles. The number of nitrogens with zero attached hydrogens (tertiary/aromatic N) is 2. The van der Waals surface area contributed by atoms with Crippen molar-refractivity contribution in [2.24, 2.45) is 0 Å². The van der Waals surface area contributed by atoms with E-state index in [4.69, 9.17) is 4.74 Å². The monoisotopic (exact) mass is 461 g/mol. The van der Waals surface area contributed by atoms with Crippen LogP contribution in [0, 0.1) is 17.0 Å². The Hall–Kier alpha value is -2.98.